The Balaban J connectivity index is 1.77. The van der Waals surface area contributed by atoms with Gasteiger partial charge in [-0.3, -0.25) is 0 Å². The first-order chi connectivity index (χ1) is 9.13. The van der Waals surface area contributed by atoms with Crippen molar-refractivity contribution in [2.24, 2.45) is 0 Å². The number of hydrogen-bond donors (Lipinski definition) is 1. The number of nitrogens with one attached hydrogen (secondary N) is 1. The van der Waals surface area contributed by atoms with Crippen LogP contribution < -0.4 is 5.32 Å². The number of thiophene rings is 1. The van der Waals surface area contributed by atoms with Gasteiger partial charge in [0, 0.05) is 11.3 Å². The van der Waals surface area contributed by atoms with Gasteiger partial charge in [-0.15, -0.1) is 23.1 Å². The Labute approximate surface area is 122 Å². The Hall–Kier alpha value is -0.710. The Bertz CT molecular complexity index is 560. The molecule has 0 aliphatic carbocycles. The zero-order chi connectivity index (χ0) is 13.4. The molecule has 2 unspecified atom stereocenters. The number of rotatable bonds is 3. The first-order valence-corrected chi connectivity index (χ1v) is 8.46. The molecule has 3 rings (SSSR count). The molecule has 0 spiro atoms. The minimum Gasteiger partial charge on any atom is -0.465 e. The molecule has 0 bridgehead atoms. The van der Waals surface area contributed by atoms with Crippen molar-refractivity contribution in [2.75, 3.05) is 0 Å². The molecule has 1 N–H and O–H groups in total. The third kappa shape index (κ3) is 2.76. The van der Waals surface area contributed by atoms with Gasteiger partial charge in [0.05, 0.1) is 10.3 Å². The lowest BCUT2D eigenvalue weighted by molar-refractivity contribution is 0.370. The first kappa shape index (κ1) is 13.3. The molecule has 0 saturated heterocycles. The van der Waals surface area contributed by atoms with Crippen LogP contribution in [0.2, 0.25) is 0 Å². The fourth-order valence-electron chi connectivity index (χ4n) is 2.58. The number of fused-ring (bicyclic) bond motifs is 1. The summed E-state index contributed by atoms with van der Waals surface area (Å²) in [4.78, 5) is 0. The van der Waals surface area contributed by atoms with Crippen molar-refractivity contribution in [3.05, 3.63) is 40.7 Å². The minimum absolute atomic E-state index is 0.252. The molecule has 0 fully saturated rings. The smallest absolute Gasteiger partial charge is 0.120 e. The van der Waals surface area contributed by atoms with Crippen molar-refractivity contribution >= 4 is 23.1 Å². The highest BCUT2D eigenvalue weighted by Crippen LogP contribution is 2.44. The van der Waals surface area contributed by atoms with Crippen LogP contribution in [0.15, 0.2) is 32.2 Å². The molecule has 2 aromatic rings. The predicted molar refractivity (Wildman–Crippen MR) is 82.0 cm³/mol. The summed E-state index contributed by atoms with van der Waals surface area (Å²) in [6.45, 7) is 6.48. The molecule has 1 aliphatic rings. The van der Waals surface area contributed by atoms with E-state index in [9.17, 15) is 0 Å². The second-order valence-corrected chi connectivity index (χ2v) is 7.84. The summed E-state index contributed by atoms with van der Waals surface area (Å²) in [5.74, 6) is 2.01. The first-order valence-electron chi connectivity index (χ1n) is 6.70. The predicted octanol–water partition coefficient (Wildman–Crippen LogP) is 4.93. The van der Waals surface area contributed by atoms with Gasteiger partial charge in [-0.05, 0) is 49.4 Å². The fourth-order valence-corrected chi connectivity index (χ4v) is 5.14. The van der Waals surface area contributed by atoms with Gasteiger partial charge < -0.3 is 9.73 Å². The van der Waals surface area contributed by atoms with E-state index >= 15 is 0 Å². The Morgan fingerprint density at radius 3 is 2.95 bits per heavy atom. The number of furan rings is 1. The van der Waals surface area contributed by atoms with E-state index in [1.165, 1.54) is 16.2 Å². The molecule has 0 radical (unpaired) electrons. The quantitative estimate of drug-likeness (QED) is 0.869. The van der Waals surface area contributed by atoms with Crippen LogP contribution in [-0.4, -0.2) is 5.25 Å². The zero-order valence-corrected chi connectivity index (χ0v) is 13.1. The average Bonchev–Trinajstić information content (AvgIpc) is 2.97. The maximum absolute atomic E-state index is 5.72. The summed E-state index contributed by atoms with van der Waals surface area (Å²) in [6.07, 6.45) is 1.18. The van der Waals surface area contributed by atoms with Crippen molar-refractivity contribution in [3.8, 4) is 0 Å². The van der Waals surface area contributed by atoms with Gasteiger partial charge >= 0.3 is 0 Å². The molecule has 102 valence electrons. The number of hydrogen-bond acceptors (Lipinski definition) is 4. The maximum Gasteiger partial charge on any atom is 0.120 e. The normalized spacial score (nSPS) is 24.2. The lowest BCUT2D eigenvalue weighted by Crippen LogP contribution is -2.28. The van der Waals surface area contributed by atoms with Crippen molar-refractivity contribution < 1.29 is 4.42 Å². The number of aryl methyl sites for hydroxylation is 1. The number of thioether (sulfide) groups is 1. The third-order valence-corrected chi connectivity index (χ3v) is 5.89. The third-order valence-electron chi connectivity index (χ3n) is 3.55. The van der Waals surface area contributed by atoms with E-state index in [0.717, 1.165) is 11.5 Å². The van der Waals surface area contributed by atoms with Crippen LogP contribution in [0.1, 0.15) is 49.4 Å². The summed E-state index contributed by atoms with van der Waals surface area (Å²) in [7, 11) is 0. The standard InChI is InChI=1S/C15H19NOS2/c1-9-4-5-14(17-9)11(3)16-13-8-10(2)19-15-12(13)6-7-18-15/h4-7,10-11,13,16H,8H2,1-3H3/t10-,11?,13?/m0/s1. The minimum atomic E-state index is 0.252. The summed E-state index contributed by atoms with van der Waals surface area (Å²) in [5, 5.41) is 6.60. The van der Waals surface area contributed by atoms with Gasteiger partial charge in [-0.1, -0.05) is 6.92 Å². The molecular formula is C15H19NOS2. The molecule has 0 aromatic carbocycles. The molecule has 2 nitrogen and oxygen atoms in total. The van der Waals surface area contributed by atoms with E-state index < -0.39 is 0 Å². The monoisotopic (exact) mass is 293 g/mol. The van der Waals surface area contributed by atoms with E-state index in [2.05, 4.69) is 36.7 Å². The van der Waals surface area contributed by atoms with Crippen molar-refractivity contribution in [3.63, 3.8) is 0 Å². The summed E-state index contributed by atoms with van der Waals surface area (Å²) < 4.78 is 7.19. The van der Waals surface area contributed by atoms with E-state index in [-0.39, 0.29) is 6.04 Å². The summed E-state index contributed by atoms with van der Waals surface area (Å²) >= 11 is 3.86. The Kier molecular flexibility index (Phi) is 3.74. The van der Waals surface area contributed by atoms with Crippen LogP contribution in [0.4, 0.5) is 0 Å². The largest absolute Gasteiger partial charge is 0.465 e. The molecule has 19 heavy (non-hydrogen) atoms. The highest BCUT2D eigenvalue weighted by atomic mass is 32.2. The van der Waals surface area contributed by atoms with E-state index in [4.69, 9.17) is 4.42 Å². The summed E-state index contributed by atoms with van der Waals surface area (Å²) in [6, 6.07) is 7.06. The van der Waals surface area contributed by atoms with Crippen LogP contribution in [0.25, 0.3) is 0 Å². The van der Waals surface area contributed by atoms with E-state index in [0.29, 0.717) is 11.3 Å². The fraction of sp³-hybridized carbons (Fsp3) is 0.467. The lowest BCUT2D eigenvalue weighted by Gasteiger charge is -2.29. The van der Waals surface area contributed by atoms with Crippen molar-refractivity contribution in [2.45, 2.75) is 48.7 Å². The molecule has 2 aromatic heterocycles. The van der Waals surface area contributed by atoms with Gasteiger partial charge in [0.25, 0.3) is 0 Å². The molecule has 1 aliphatic heterocycles. The molecule has 4 heteroatoms. The topological polar surface area (TPSA) is 25.2 Å². The van der Waals surface area contributed by atoms with Gasteiger partial charge in [0.1, 0.15) is 11.5 Å². The highest BCUT2D eigenvalue weighted by Gasteiger charge is 2.27. The SMILES string of the molecule is Cc1ccc(C(C)NC2C[C@H](C)Sc3sccc32)o1. The highest BCUT2D eigenvalue weighted by molar-refractivity contribution is 8.01. The van der Waals surface area contributed by atoms with Crippen LogP contribution >= 0.6 is 23.1 Å². The van der Waals surface area contributed by atoms with Crippen molar-refractivity contribution in [1.82, 2.24) is 5.32 Å². The zero-order valence-electron chi connectivity index (χ0n) is 11.5. The van der Waals surface area contributed by atoms with E-state index in [1.54, 1.807) is 0 Å². The average molecular weight is 293 g/mol. The van der Waals surface area contributed by atoms with Gasteiger partial charge in [0.15, 0.2) is 0 Å². The van der Waals surface area contributed by atoms with Crippen LogP contribution in [0, 0.1) is 6.92 Å². The second kappa shape index (κ2) is 5.35. The van der Waals surface area contributed by atoms with Crippen LogP contribution in [-0.2, 0) is 0 Å². The van der Waals surface area contributed by atoms with Crippen LogP contribution in [0.3, 0.4) is 0 Å². The molecule has 3 heterocycles. The molecule has 0 saturated carbocycles. The second-order valence-electron chi connectivity index (χ2n) is 5.22. The molecule has 3 atom stereocenters. The van der Waals surface area contributed by atoms with Crippen LogP contribution in [0.5, 0.6) is 0 Å². The van der Waals surface area contributed by atoms with E-state index in [1.807, 2.05) is 36.1 Å². The Morgan fingerprint density at radius 2 is 2.21 bits per heavy atom. The van der Waals surface area contributed by atoms with Gasteiger partial charge in [-0.25, -0.2) is 0 Å². The lowest BCUT2D eigenvalue weighted by atomic mass is 10.0. The molecular weight excluding hydrogens is 274 g/mol. The Morgan fingerprint density at radius 1 is 1.37 bits per heavy atom. The maximum atomic E-state index is 5.72. The van der Waals surface area contributed by atoms with Crippen molar-refractivity contribution in [1.29, 1.82) is 0 Å². The summed E-state index contributed by atoms with van der Waals surface area (Å²) in [5.41, 5.74) is 1.46. The van der Waals surface area contributed by atoms with Gasteiger partial charge in [0.2, 0.25) is 0 Å². The molecule has 0 amide bonds. The van der Waals surface area contributed by atoms with Gasteiger partial charge in [-0.2, -0.15) is 0 Å².